The normalized spacial score (nSPS) is 10.1. The van der Waals surface area contributed by atoms with E-state index in [1.165, 1.54) is 0 Å². The largest absolute Gasteiger partial charge is 0.398 e. The van der Waals surface area contributed by atoms with Crippen LogP contribution < -0.4 is 11.1 Å². The fraction of sp³-hybridized carbons (Fsp3) is 0.0714. The van der Waals surface area contributed by atoms with Crippen molar-refractivity contribution in [3.8, 4) is 0 Å². The Morgan fingerprint density at radius 1 is 1.17 bits per heavy atom. The summed E-state index contributed by atoms with van der Waals surface area (Å²) in [6.45, 7) is 1.94. The first-order chi connectivity index (χ1) is 8.56. The fourth-order valence-electron chi connectivity index (χ4n) is 1.62. The molecule has 2 rings (SSSR count). The summed E-state index contributed by atoms with van der Waals surface area (Å²) >= 11 is 2.22. The van der Waals surface area contributed by atoms with Crippen molar-refractivity contribution in [2.45, 2.75) is 6.92 Å². The zero-order chi connectivity index (χ0) is 13.1. The van der Waals surface area contributed by atoms with E-state index < -0.39 is 0 Å². The molecule has 0 fully saturated rings. The third-order valence-corrected chi connectivity index (χ3v) is 3.27. The summed E-state index contributed by atoms with van der Waals surface area (Å²) in [6, 6.07) is 13.0. The molecule has 0 saturated heterocycles. The molecule has 3 N–H and O–H groups in total. The zero-order valence-corrected chi connectivity index (χ0v) is 12.1. The molecule has 0 heterocycles. The molecule has 92 valence electrons. The van der Waals surface area contributed by atoms with Crippen molar-refractivity contribution in [1.82, 2.24) is 0 Å². The zero-order valence-electron chi connectivity index (χ0n) is 9.91. The molecule has 2 aromatic carbocycles. The van der Waals surface area contributed by atoms with E-state index in [1.54, 1.807) is 12.1 Å². The van der Waals surface area contributed by atoms with Gasteiger partial charge in [0.05, 0.1) is 5.56 Å². The second kappa shape index (κ2) is 5.39. The Kier molecular flexibility index (Phi) is 3.86. The van der Waals surface area contributed by atoms with Crippen LogP contribution in [0.3, 0.4) is 0 Å². The summed E-state index contributed by atoms with van der Waals surface area (Å²) in [5, 5.41) is 2.82. The Labute approximate surface area is 120 Å². The molecule has 0 aliphatic rings. The summed E-state index contributed by atoms with van der Waals surface area (Å²) in [6.07, 6.45) is 0. The number of aryl methyl sites for hydroxylation is 1. The van der Waals surface area contributed by atoms with Crippen LogP contribution >= 0.6 is 22.6 Å². The summed E-state index contributed by atoms with van der Waals surface area (Å²) in [5.41, 5.74) is 8.64. The molecule has 4 heteroatoms. The van der Waals surface area contributed by atoms with Crippen molar-refractivity contribution in [3.05, 3.63) is 57.2 Å². The SMILES string of the molecule is Cc1ccc(C(=O)Nc2ccc(I)cc2)c(N)c1. The van der Waals surface area contributed by atoms with Gasteiger partial charge in [0.25, 0.3) is 5.91 Å². The molecular formula is C14H13IN2O. The van der Waals surface area contributed by atoms with E-state index in [0.717, 1.165) is 14.8 Å². The molecule has 0 unspecified atom stereocenters. The number of carbonyl (C=O) groups excluding carboxylic acids is 1. The number of carbonyl (C=O) groups is 1. The maximum absolute atomic E-state index is 12.0. The van der Waals surface area contributed by atoms with Gasteiger partial charge in [-0.1, -0.05) is 6.07 Å². The van der Waals surface area contributed by atoms with Gasteiger partial charge in [-0.3, -0.25) is 4.79 Å². The number of nitrogens with one attached hydrogen (secondary N) is 1. The van der Waals surface area contributed by atoms with Crippen LogP contribution in [0.2, 0.25) is 0 Å². The second-order valence-electron chi connectivity index (χ2n) is 4.05. The summed E-state index contributed by atoms with van der Waals surface area (Å²) in [4.78, 5) is 12.0. The number of nitrogens with two attached hydrogens (primary N) is 1. The van der Waals surface area contributed by atoms with E-state index in [-0.39, 0.29) is 5.91 Å². The molecule has 0 aromatic heterocycles. The lowest BCUT2D eigenvalue weighted by atomic mass is 10.1. The van der Waals surface area contributed by atoms with Crippen molar-refractivity contribution in [2.75, 3.05) is 11.1 Å². The number of benzene rings is 2. The van der Waals surface area contributed by atoms with Gasteiger partial charge in [0.15, 0.2) is 0 Å². The maximum atomic E-state index is 12.0. The minimum atomic E-state index is -0.186. The molecule has 0 atom stereocenters. The quantitative estimate of drug-likeness (QED) is 0.643. The van der Waals surface area contributed by atoms with Crippen molar-refractivity contribution >= 4 is 39.9 Å². The molecule has 18 heavy (non-hydrogen) atoms. The number of hydrogen-bond acceptors (Lipinski definition) is 2. The summed E-state index contributed by atoms with van der Waals surface area (Å²) in [7, 11) is 0. The number of nitrogen functional groups attached to an aromatic ring is 1. The fourth-order valence-corrected chi connectivity index (χ4v) is 1.98. The van der Waals surface area contributed by atoms with Crippen LogP contribution in [0.5, 0.6) is 0 Å². The van der Waals surface area contributed by atoms with Crippen molar-refractivity contribution in [1.29, 1.82) is 0 Å². The van der Waals surface area contributed by atoms with Crippen molar-refractivity contribution < 1.29 is 4.79 Å². The Hall–Kier alpha value is -1.56. The highest BCUT2D eigenvalue weighted by atomic mass is 127. The molecule has 0 radical (unpaired) electrons. The van der Waals surface area contributed by atoms with Crippen LogP contribution in [-0.2, 0) is 0 Å². The number of rotatable bonds is 2. The smallest absolute Gasteiger partial charge is 0.257 e. The van der Waals surface area contributed by atoms with Crippen LogP contribution in [0.15, 0.2) is 42.5 Å². The van der Waals surface area contributed by atoms with E-state index in [4.69, 9.17) is 5.73 Å². The monoisotopic (exact) mass is 352 g/mol. The average Bonchev–Trinajstić information content (AvgIpc) is 2.32. The van der Waals surface area contributed by atoms with Crippen LogP contribution in [0.4, 0.5) is 11.4 Å². The second-order valence-corrected chi connectivity index (χ2v) is 5.30. The highest BCUT2D eigenvalue weighted by Gasteiger charge is 2.09. The van der Waals surface area contributed by atoms with Crippen molar-refractivity contribution in [3.63, 3.8) is 0 Å². The van der Waals surface area contributed by atoms with Gasteiger partial charge in [0.2, 0.25) is 0 Å². The predicted molar refractivity (Wildman–Crippen MR) is 82.7 cm³/mol. The Balaban J connectivity index is 2.19. The molecule has 0 aliphatic heterocycles. The summed E-state index contributed by atoms with van der Waals surface area (Å²) < 4.78 is 1.13. The molecule has 0 bridgehead atoms. The van der Waals surface area contributed by atoms with Crippen LogP contribution in [0.25, 0.3) is 0 Å². The van der Waals surface area contributed by atoms with Gasteiger partial charge in [0.1, 0.15) is 0 Å². The average molecular weight is 352 g/mol. The lowest BCUT2D eigenvalue weighted by Crippen LogP contribution is -2.14. The third kappa shape index (κ3) is 3.01. The Bertz CT molecular complexity index is 579. The first kappa shape index (κ1) is 12.9. The van der Waals surface area contributed by atoms with Crippen molar-refractivity contribution in [2.24, 2.45) is 0 Å². The van der Waals surface area contributed by atoms with Gasteiger partial charge in [-0.2, -0.15) is 0 Å². The topological polar surface area (TPSA) is 55.1 Å². The van der Waals surface area contributed by atoms with Gasteiger partial charge in [-0.15, -0.1) is 0 Å². The predicted octanol–water partition coefficient (Wildman–Crippen LogP) is 3.43. The van der Waals surface area contributed by atoms with E-state index in [2.05, 4.69) is 27.9 Å². The van der Waals surface area contributed by atoms with Crippen LogP contribution in [0, 0.1) is 10.5 Å². The van der Waals surface area contributed by atoms with E-state index >= 15 is 0 Å². The highest BCUT2D eigenvalue weighted by molar-refractivity contribution is 14.1. The van der Waals surface area contributed by atoms with E-state index in [9.17, 15) is 4.79 Å². The maximum Gasteiger partial charge on any atom is 0.257 e. The first-order valence-corrected chi connectivity index (χ1v) is 6.57. The summed E-state index contributed by atoms with van der Waals surface area (Å²) in [5.74, 6) is -0.186. The van der Waals surface area contributed by atoms with E-state index in [1.807, 2.05) is 37.3 Å². The molecule has 2 aromatic rings. The van der Waals surface area contributed by atoms with Gasteiger partial charge in [-0.25, -0.2) is 0 Å². The first-order valence-electron chi connectivity index (χ1n) is 5.49. The minimum absolute atomic E-state index is 0.186. The molecule has 0 aliphatic carbocycles. The van der Waals surface area contributed by atoms with Crippen LogP contribution in [-0.4, -0.2) is 5.91 Å². The van der Waals surface area contributed by atoms with Gasteiger partial charge >= 0.3 is 0 Å². The number of hydrogen-bond donors (Lipinski definition) is 2. The molecule has 0 saturated carbocycles. The lowest BCUT2D eigenvalue weighted by Gasteiger charge is -2.08. The Morgan fingerprint density at radius 3 is 2.44 bits per heavy atom. The lowest BCUT2D eigenvalue weighted by molar-refractivity contribution is 0.102. The number of anilines is 2. The third-order valence-electron chi connectivity index (χ3n) is 2.55. The molecule has 3 nitrogen and oxygen atoms in total. The molecule has 1 amide bonds. The van der Waals surface area contributed by atoms with Crippen LogP contribution in [0.1, 0.15) is 15.9 Å². The van der Waals surface area contributed by atoms with Gasteiger partial charge < -0.3 is 11.1 Å². The molecule has 0 spiro atoms. The number of halogens is 1. The molecular weight excluding hydrogens is 339 g/mol. The van der Waals surface area contributed by atoms with Gasteiger partial charge in [0, 0.05) is 14.9 Å². The number of amides is 1. The van der Waals surface area contributed by atoms with Gasteiger partial charge in [-0.05, 0) is 71.5 Å². The minimum Gasteiger partial charge on any atom is -0.398 e. The highest BCUT2D eigenvalue weighted by Crippen LogP contribution is 2.17. The Morgan fingerprint density at radius 2 is 1.83 bits per heavy atom. The van der Waals surface area contributed by atoms with E-state index in [0.29, 0.717) is 11.3 Å². The standard InChI is InChI=1S/C14H13IN2O/c1-9-2-7-12(13(16)8-9)14(18)17-11-5-3-10(15)4-6-11/h2-8H,16H2,1H3,(H,17,18).